The summed E-state index contributed by atoms with van der Waals surface area (Å²) < 4.78 is 0. The molecule has 1 amide bonds. The van der Waals surface area contributed by atoms with Crippen LogP contribution in [-0.2, 0) is 14.4 Å². The Labute approximate surface area is 141 Å². The highest BCUT2D eigenvalue weighted by Crippen LogP contribution is 2.31. The highest BCUT2D eigenvalue weighted by Gasteiger charge is 2.47. The largest absolute Gasteiger partial charge is 0.481 e. The number of rotatable bonds is 5. The Morgan fingerprint density at radius 2 is 1.83 bits per heavy atom. The van der Waals surface area contributed by atoms with E-state index in [1.807, 2.05) is 6.92 Å². The lowest BCUT2D eigenvalue weighted by molar-refractivity contribution is -0.143. The number of aliphatic carboxylic acids is 2. The standard InChI is InChI=1S/C13H18N2O5.C3H8O/c1-12(2,14)11(20)15-13(3)7(9(16)17)5-4-6-8(13)10(18)19;1-2-3-4/h4-7H,14H2,1-3H3,(H,15,20)(H,16,17)(H,18,19);4H,2-3H2,1H3. The Balaban J connectivity index is 0.00000118. The van der Waals surface area contributed by atoms with Gasteiger partial charge in [0.2, 0.25) is 5.91 Å². The molecule has 1 rings (SSSR count). The maximum atomic E-state index is 12.0. The van der Waals surface area contributed by atoms with Crippen molar-refractivity contribution in [2.45, 2.75) is 45.2 Å². The maximum absolute atomic E-state index is 12.0. The molecule has 0 aromatic heterocycles. The molecule has 2 unspecified atom stereocenters. The minimum Gasteiger partial charge on any atom is -0.481 e. The van der Waals surface area contributed by atoms with Gasteiger partial charge >= 0.3 is 11.9 Å². The smallest absolute Gasteiger partial charge is 0.333 e. The van der Waals surface area contributed by atoms with Crippen LogP contribution in [0, 0.1) is 5.92 Å². The van der Waals surface area contributed by atoms with Crippen LogP contribution in [0.2, 0.25) is 0 Å². The molecule has 0 spiro atoms. The summed E-state index contributed by atoms with van der Waals surface area (Å²) in [5, 5.41) is 28.8. The van der Waals surface area contributed by atoms with Crippen molar-refractivity contribution in [3.63, 3.8) is 0 Å². The molecule has 136 valence electrons. The van der Waals surface area contributed by atoms with Gasteiger partial charge in [-0.15, -0.1) is 0 Å². The molecule has 2 atom stereocenters. The lowest BCUT2D eigenvalue weighted by atomic mass is 9.75. The van der Waals surface area contributed by atoms with E-state index in [0.29, 0.717) is 6.61 Å². The SMILES string of the molecule is CC(C)(N)C(=O)NC1(C)C(C(=O)O)=CC=CC1C(=O)O.CCCO. The second kappa shape index (κ2) is 8.60. The van der Waals surface area contributed by atoms with E-state index in [9.17, 15) is 24.6 Å². The summed E-state index contributed by atoms with van der Waals surface area (Å²) in [6, 6.07) is 0. The van der Waals surface area contributed by atoms with Crippen molar-refractivity contribution in [1.82, 2.24) is 5.32 Å². The molecule has 0 saturated heterocycles. The fourth-order valence-electron chi connectivity index (χ4n) is 1.96. The number of nitrogens with two attached hydrogens (primary N) is 1. The van der Waals surface area contributed by atoms with E-state index in [4.69, 9.17) is 10.8 Å². The monoisotopic (exact) mass is 342 g/mol. The van der Waals surface area contributed by atoms with Gasteiger partial charge in [0.05, 0.1) is 16.7 Å². The molecule has 0 heterocycles. The van der Waals surface area contributed by atoms with Crippen molar-refractivity contribution in [3.05, 3.63) is 23.8 Å². The van der Waals surface area contributed by atoms with Gasteiger partial charge in [-0.25, -0.2) is 4.79 Å². The summed E-state index contributed by atoms with van der Waals surface area (Å²) in [5.41, 5.74) is 2.63. The fraction of sp³-hybridized carbons (Fsp3) is 0.562. The molecule has 0 aromatic carbocycles. The van der Waals surface area contributed by atoms with Gasteiger partial charge in [-0.05, 0) is 33.3 Å². The van der Waals surface area contributed by atoms with Gasteiger partial charge in [-0.3, -0.25) is 9.59 Å². The summed E-state index contributed by atoms with van der Waals surface area (Å²) in [7, 11) is 0. The van der Waals surface area contributed by atoms with Crippen LogP contribution in [0.4, 0.5) is 0 Å². The third-order valence-electron chi connectivity index (χ3n) is 3.43. The van der Waals surface area contributed by atoms with Crippen LogP contribution in [0.25, 0.3) is 0 Å². The number of allylic oxidation sites excluding steroid dienone is 2. The minimum atomic E-state index is -1.57. The molecule has 1 aliphatic rings. The molecule has 0 radical (unpaired) electrons. The lowest BCUT2D eigenvalue weighted by Gasteiger charge is -2.38. The topological polar surface area (TPSA) is 150 Å². The molecule has 24 heavy (non-hydrogen) atoms. The summed E-state index contributed by atoms with van der Waals surface area (Å²) in [5.74, 6) is -4.34. The summed E-state index contributed by atoms with van der Waals surface area (Å²) in [6.07, 6.45) is 4.83. The zero-order valence-electron chi connectivity index (χ0n) is 14.4. The zero-order chi connectivity index (χ0) is 19.1. The van der Waals surface area contributed by atoms with Gasteiger partial charge in [0, 0.05) is 6.61 Å². The minimum absolute atomic E-state index is 0.204. The number of carbonyl (C=O) groups is 3. The number of nitrogens with one attached hydrogen (secondary N) is 1. The quantitative estimate of drug-likeness (QED) is 0.481. The second-order valence-corrected chi connectivity index (χ2v) is 6.19. The Bertz CT molecular complexity index is 545. The maximum Gasteiger partial charge on any atom is 0.333 e. The van der Waals surface area contributed by atoms with E-state index >= 15 is 0 Å². The summed E-state index contributed by atoms with van der Waals surface area (Å²) in [6.45, 7) is 6.51. The van der Waals surface area contributed by atoms with E-state index < -0.39 is 34.8 Å². The second-order valence-electron chi connectivity index (χ2n) is 6.19. The van der Waals surface area contributed by atoms with Gasteiger partial charge in [0.1, 0.15) is 5.92 Å². The van der Waals surface area contributed by atoms with Crippen LogP contribution in [-0.4, -0.2) is 50.9 Å². The fourth-order valence-corrected chi connectivity index (χ4v) is 1.96. The first kappa shape index (κ1) is 21.8. The van der Waals surface area contributed by atoms with E-state index in [2.05, 4.69) is 5.32 Å². The van der Waals surface area contributed by atoms with Gasteiger partial charge in [-0.1, -0.05) is 19.1 Å². The number of amides is 1. The highest BCUT2D eigenvalue weighted by molar-refractivity contribution is 5.96. The van der Waals surface area contributed by atoms with Crippen molar-refractivity contribution in [1.29, 1.82) is 0 Å². The first-order chi connectivity index (χ1) is 10.9. The molecule has 0 aliphatic heterocycles. The first-order valence-corrected chi connectivity index (χ1v) is 7.49. The normalized spacial score (nSPS) is 22.8. The van der Waals surface area contributed by atoms with Crippen LogP contribution >= 0.6 is 0 Å². The number of carbonyl (C=O) groups excluding carboxylic acids is 1. The summed E-state index contributed by atoms with van der Waals surface area (Å²) >= 11 is 0. The number of hydrogen-bond acceptors (Lipinski definition) is 5. The number of hydrogen-bond donors (Lipinski definition) is 5. The lowest BCUT2D eigenvalue weighted by Crippen LogP contribution is -2.62. The predicted molar refractivity (Wildman–Crippen MR) is 88.2 cm³/mol. The van der Waals surface area contributed by atoms with Crippen molar-refractivity contribution in [2.24, 2.45) is 11.7 Å². The van der Waals surface area contributed by atoms with Crippen LogP contribution in [0.15, 0.2) is 23.8 Å². The van der Waals surface area contributed by atoms with Crippen LogP contribution in [0.3, 0.4) is 0 Å². The molecule has 0 saturated carbocycles. The van der Waals surface area contributed by atoms with Gasteiger partial charge in [0.15, 0.2) is 0 Å². The zero-order valence-corrected chi connectivity index (χ0v) is 14.4. The van der Waals surface area contributed by atoms with E-state index in [0.717, 1.165) is 6.42 Å². The molecule has 0 aromatic rings. The Morgan fingerprint density at radius 1 is 1.33 bits per heavy atom. The van der Waals surface area contributed by atoms with E-state index in [1.165, 1.54) is 39.0 Å². The van der Waals surface area contributed by atoms with Crippen molar-refractivity contribution in [3.8, 4) is 0 Å². The van der Waals surface area contributed by atoms with Crippen LogP contribution in [0.5, 0.6) is 0 Å². The van der Waals surface area contributed by atoms with Gasteiger partial charge in [-0.2, -0.15) is 0 Å². The van der Waals surface area contributed by atoms with Gasteiger partial charge < -0.3 is 26.4 Å². The third-order valence-corrected chi connectivity index (χ3v) is 3.43. The Morgan fingerprint density at radius 3 is 2.17 bits per heavy atom. The molecular formula is C16H26N2O6. The predicted octanol–water partition coefficient (Wildman–Crippen LogP) is 0.269. The van der Waals surface area contributed by atoms with E-state index in [-0.39, 0.29) is 5.57 Å². The third kappa shape index (κ3) is 5.47. The Kier molecular flexibility index (Phi) is 7.82. The molecule has 8 heteroatoms. The first-order valence-electron chi connectivity index (χ1n) is 7.49. The molecule has 0 bridgehead atoms. The Hall–Kier alpha value is -2.19. The van der Waals surface area contributed by atoms with Crippen LogP contribution < -0.4 is 11.1 Å². The molecule has 1 aliphatic carbocycles. The number of aliphatic hydroxyl groups excluding tert-OH is 1. The highest BCUT2D eigenvalue weighted by atomic mass is 16.4. The molecule has 6 N–H and O–H groups in total. The van der Waals surface area contributed by atoms with Crippen molar-refractivity contribution >= 4 is 17.8 Å². The average Bonchev–Trinajstić information content (AvgIpc) is 2.45. The number of carboxylic acid groups (broad SMARTS) is 2. The van der Waals surface area contributed by atoms with Gasteiger partial charge in [0.25, 0.3) is 0 Å². The molecule has 0 fully saturated rings. The van der Waals surface area contributed by atoms with E-state index in [1.54, 1.807) is 0 Å². The molecular weight excluding hydrogens is 316 g/mol. The van der Waals surface area contributed by atoms with Crippen molar-refractivity contribution < 1.29 is 29.7 Å². The average molecular weight is 342 g/mol. The number of aliphatic hydroxyl groups is 1. The van der Waals surface area contributed by atoms with Crippen molar-refractivity contribution in [2.75, 3.05) is 6.61 Å². The summed E-state index contributed by atoms with van der Waals surface area (Å²) in [4.78, 5) is 34.6. The number of carboxylic acids is 2. The molecule has 8 nitrogen and oxygen atoms in total. The van der Waals surface area contributed by atoms with Crippen LogP contribution in [0.1, 0.15) is 34.1 Å².